The molecule has 116 valence electrons. The zero-order chi connectivity index (χ0) is 15.6. The number of nitrogens with one attached hydrogen (secondary N) is 2. The number of aliphatic hydroxyl groups is 1. The summed E-state index contributed by atoms with van der Waals surface area (Å²) in [6.45, 7) is -0.117. The molecule has 0 saturated carbocycles. The molecular weight excluding hydrogens is 349 g/mol. The summed E-state index contributed by atoms with van der Waals surface area (Å²) in [6, 6.07) is 0. The van der Waals surface area contributed by atoms with E-state index in [1.807, 2.05) is 0 Å². The first-order valence-electron chi connectivity index (χ1n) is 5.87. The van der Waals surface area contributed by atoms with Gasteiger partial charge in [-0.15, -0.1) is 0 Å². The molecule has 1 unspecified atom stereocenters. The minimum absolute atomic E-state index is 0. The number of hydrogen-bond donors (Lipinski definition) is 4. The van der Waals surface area contributed by atoms with E-state index in [9.17, 15) is 24.3 Å². The standard InChI is InChI=1S/C9H15N6O5P.2Na/c10-9-13-7-6(8(17)14-9)12-3-15(7)2-5(16)1-11-4-21(18,19)20;;/h3,5,11,16H,1-2,4H2,(H2,18,19,20)(H3,10,13,14,17);;/q;2*+1/p-2. The van der Waals surface area contributed by atoms with Crippen LogP contribution in [0.25, 0.3) is 11.2 Å². The number of H-pyrrole nitrogens is 1. The molecule has 1 atom stereocenters. The van der Waals surface area contributed by atoms with Crippen LogP contribution in [0.4, 0.5) is 5.95 Å². The van der Waals surface area contributed by atoms with Crippen LogP contribution in [0.2, 0.25) is 0 Å². The summed E-state index contributed by atoms with van der Waals surface area (Å²) >= 11 is 0. The Labute approximate surface area is 174 Å². The Morgan fingerprint density at radius 2 is 2.13 bits per heavy atom. The Morgan fingerprint density at radius 3 is 2.74 bits per heavy atom. The van der Waals surface area contributed by atoms with Crippen LogP contribution >= 0.6 is 7.60 Å². The van der Waals surface area contributed by atoms with E-state index in [1.54, 1.807) is 0 Å². The van der Waals surface area contributed by atoms with Crippen molar-refractivity contribution < 1.29 is 78.6 Å². The number of imidazole rings is 1. The van der Waals surface area contributed by atoms with E-state index in [2.05, 4.69) is 20.3 Å². The Bertz CT molecular complexity index is 746. The van der Waals surface area contributed by atoms with Crippen LogP contribution in [0.3, 0.4) is 0 Å². The van der Waals surface area contributed by atoms with E-state index in [0.717, 1.165) is 0 Å². The number of rotatable bonds is 6. The summed E-state index contributed by atoms with van der Waals surface area (Å²) in [5.74, 6) is -0.0829. The summed E-state index contributed by atoms with van der Waals surface area (Å²) in [4.78, 5) is 42.5. The van der Waals surface area contributed by atoms with E-state index in [0.29, 0.717) is 0 Å². The van der Waals surface area contributed by atoms with Crippen molar-refractivity contribution in [3.05, 3.63) is 16.7 Å². The Morgan fingerprint density at radius 1 is 1.48 bits per heavy atom. The van der Waals surface area contributed by atoms with Gasteiger partial charge in [0.15, 0.2) is 11.2 Å². The molecule has 5 N–H and O–H groups in total. The average Bonchev–Trinajstić information content (AvgIpc) is 2.71. The molecule has 2 rings (SSSR count). The molecule has 2 heterocycles. The molecule has 0 amide bonds. The predicted molar refractivity (Wildman–Crippen MR) is 69.0 cm³/mol. The second-order valence-corrected chi connectivity index (χ2v) is 5.94. The van der Waals surface area contributed by atoms with Gasteiger partial charge in [-0.3, -0.25) is 9.78 Å². The quantitative estimate of drug-likeness (QED) is 0.286. The van der Waals surface area contributed by atoms with Gasteiger partial charge in [-0.25, -0.2) is 4.98 Å². The number of aliphatic hydroxyl groups excluding tert-OH is 1. The molecule has 11 nitrogen and oxygen atoms in total. The molecule has 2 aromatic rings. The Kier molecular flexibility index (Phi) is 9.73. The second-order valence-electron chi connectivity index (χ2n) is 4.40. The van der Waals surface area contributed by atoms with E-state index >= 15 is 0 Å². The zero-order valence-electron chi connectivity index (χ0n) is 12.7. The number of nitrogen functional groups attached to an aromatic ring is 1. The van der Waals surface area contributed by atoms with Crippen molar-refractivity contribution in [3.63, 3.8) is 0 Å². The van der Waals surface area contributed by atoms with Gasteiger partial charge >= 0.3 is 59.1 Å². The third-order valence-corrected chi connectivity index (χ3v) is 3.20. The van der Waals surface area contributed by atoms with Gasteiger partial charge in [0, 0.05) is 12.8 Å². The molecule has 0 aliphatic carbocycles. The molecule has 2 aromatic heterocycles. The van der Waals surface area contributed by atoms with E-state index in [1.165, 1.54) is 10.9 Å². The molecule has 23 heavy (non-hydrogen) atoms. The number of aromatic amines is 1. The largest absolute Gasteiger partial charge is 1.00 e. The minimum Gasteiger partial charge on any atom is -0.810 e. The van der Waals surface area contributed by atoms with Crippen LogP contribution in [-0.2, 0) is 11.1 Å². The maximum Gasteiger partial charge on any atom is 1.00 e. The van der Waals surface area contributed by atoms with Crippen LogP contribution in [-0.4, -0.2) is 43.6 Å². The third-order valence-electron chi connectivity index (χ3n) is 2.59. The summed E-state index contributed by atoms with van der Waals surface area (Å²) in [5, 5.41) is 12.1. The van der Waals surface area contributed by atoms with Crippen molar-refractivity contribution >= 4 is 24.7 Å². The number of nitrogens with zero attached hydrogens (tertiary/aromatic N) is 3. The van der Waals surface area contributed by atoms with E-state index in [-0.39, 0.29) is 89.3 Å². The minimum atomic E-state index is -4.66. The first-order valence-corrected chi connectivity index (χ1v) is 7.59. The summed E-state index contributed by atoms with van der Waals surface area (Å²) in [7, 11) is -4.66. The second kappa shape index (κ2) is 9.64. The van der Waals surface area contributed by atoms with Crippen molar-refractivity contribution in [2.45, 2.75) is 12.6 Å². The topological polar surface area (TPSA) is 185 Å². The Balaban J connectivity index is 0.00000242. The van der Waals surface area contributed by atoms with Gasteiger partial charge in [-0.2, -0.15) is 4.98 Å². The third kappa shape index (κ3) is 6.92. The average molecular weight is 362 g/mol. The zero-order valence-corrected chi connectivity index (χ0v) is 17.6. The first-order chi connectivity index (χ1) is 9.76. The molecule has 0 aliphatic rings. The maximum atomic E-state index is 11.6. The van der Waals surface area contributed by atoms with Crippen molar-refractivity contribution in [1.29, 1.82) is 0 Å². The van der Waals surface area contributed by atoms with Crippen molar-refractivity contribution in [2.75, 3.05) is 18.6 Å². The van der Waals surface area contributed by atoms with Gasteiger partial charge in [0.1, 0.15) is 0 Å². The van der Waals surface area contributed by atoms with Crippen LogP contribution < -0.4 is 85.5 Å². The molecule has 0 radical (unpaired) electrons. The van der Waals surface area contributed by atoms with Gasteiger partial charge in [0.05, 0.1) is 19.0 Å². The first kappa shape index (κ1) is 23.2. The molecule has 0 saturated heterocycles. The number of anilines is 1. The molecule has 0 aromatic carbocycles. The Hall–Kier alpha value is 0.220. The number of aromatic nitrogens is 4. The van der Waals surface area contributed by atoms with Crippen LogP contribution in [0.15, 0.2) is 11.1 Å². The SMILES string of the molecule is Nc1nc2c(ncn2CC(O)CNCP(=O)([O-])[O-])c(=O)[nH]1.[Na+].[Na+]. The smallest absolute Gasteiger partial charge is 0.810 e. The van der Waals surface area contributed by atoms with Gasteiger partial charge in [0.2, 0.25) is 5.95 Å². The normalized spacial score (nSPS) is 12.5. The van der Waals surface area contributed by atoms with Crippen molar-refractivity contribution in [3.8, 4) is 0 Å². The fraction of sp³-hybridized carbons (Fsp3) is 0.444. The van der Waals surface area contributed by atoms with Gasteiger partial charge in [0.25, 0.3) is 5.56 Å². The molecule has 0 fully saturated rings. The van der Waals surface area contributed by atoms with E-state index < -0.39 is 25.5 Å². The van der Waals surface area contributed by atoms with Gasteiger partial charge in [-0.05, 0) is 0 Å². The monoisotopic (exact) mass is 362 g/mol. The predicted octanol–water partition coefficient (Wildman–Crippen LogP) is -9.47. The summed E-state index contributed by atoms with van der Waals surface area (Å²) in [6.07, 6.45) is -0.447. The van der Waals surface area contributed by atoms with Crippen LogP contribution in [0.5, 0.6) is 0 Å². The summed E-state index contributed by atoms with van der Waals surface area (Å²) < 4.78 is 11.8. The number of fused-ring (bicyclic) bond motifs is 1. The molecule has 14 heteroatoms. The fourth-order valence-corrected chi connectivity index (χ4v) is 2.17. The number of nitrogens with two attached hydrogens (primary N) is 1. The number of hydrogen-bond acceptors (Lipinski definition) is 9. The van der Waals surface area contributed by atoms with Gasteiger partial charge in [-0.1, -0.05) is 7.60 Å². The molecule has 0 spiro atoms. The summed E-state index contributed by atoms with van der Waals surface area (Å²) in [5.41, 5.74) is 5.21. The molecule has 0 bridgehead atoms. The van der Waals surface area contributed by atoms with Gasteiger partial charge < -0.3 is 35.1 Å². The van der Waals surface area contributed by atoms with Crippen molar-refractivity contribution in [2.24, 2.45) is 0 Å². The van der Waals surface area contributed by atoms with E-state index in [4.69, 9.17) is 5.73 Å². The van der Waals surface area contributed by atoms with Crippen LogP contribution in [0.1, 0.15) is 0 Å². The molecular formula is C9H13N6Na2O5P. The molecule has 0 aliphatic heterocycles. The van der Waals surface area contributed by atoms with Crippen LogP contribution in [0, 0.1) is 0 Å². The van der Waals surface area contributed by atoms with Crippen molar-refractivity contribution in [1.82, 2.24) is 24.8 Å². The maximum absolute atomic E-state index is 11.6. The fourth-order valence-electron chi connectivity index (χ4n) is 1.76.